The highest BCUT2D eigenvalue weighted by atomic mass is 16.3. The first-order chi connectivity index (χ1) is 7.77. The summed E-state index contributed by atoms with van der Waals surface area (Å²) in [6.45, 7) is 1.18. The van der Waals surface area contributed by atoms with Gasteiger partial charge in [-0.1, -0.05) is 30.3 Å². The van der Waals surface area contributed by atoms with Gasteiger partial charge < -0.3 is 15.5 Å². The summed E-state index contributed by atoms with van der Waals surface area (Å²) in [4.78, 5) is 0. The minimum atomic E-state index is -0.642. The molecular formula is C13H19NO2. The molecule has 3 N–H and O–H groups in total. The lowest BCUT2D eigenvalue weighted by molar-refractivity contribution is 0.00685. The average molecular weight is 221 g/mol. The molecule has 0 radical (unpaired) electrons. The zero-order chi connectivity index (χ0) is 11.4. The van der Waals surface area contributed by atoms with Crippen LogP contribution in [0.4, 0.5) is 0 Å². The van der Waals surface area contributed by atoms with Gasteiger partial charge in [0.2, 0.25) is 0 Å². The normalized spacial score (nSPS) is 19.4. The molecule has 3 nitrogen and oxygen atoms in total. The predicted octanol–water partition coefficient (Wildman–Crippen LogP) is 0.908. The van der Waals surface area contributed by atoms with Crippen molar-refractivity contribution in [1.29, 1.82) is 0 Å². The van der Waals surface area contributed by atoms with Crippen molar-refractivity contribution in [2.24, 2.45) is 5.92 Å². The Morgan fingerprint density at radius 1 is 1.19 bits per heavy atom. The highest BCUT2D eigenvalue weighted by Crippen LogP contribution is 2.33. The van der Waals surface area contributed by atoms with Crippen LogP contribution in [0.1, 0.15) is 18.4 Å². The molecule has 1 aromatic carbocycles. The van der Waals surface area contributed by atoms with Crippen LogP contribution in [-0.4, -0.2) is 29.0 Å². The van der Waals surface area contributed by atoms with Gasteiger partial charge in [0, 0.05) is 13.1 Å². The van der Waals surface area contributed by atoms with Gasteiger partial charge in [-0.3, -0.25) is 0 Å². The van der Waals surface area contributed by atoms with Crippen molar-refractivity contribution < 1.29 is 10.2 Å². The van der Waals surface area contributed by atoms with E-state index in [1.165, 1.54) is 5.56 Å². The molecule has 1 fully saturated rings. The van der Waals surface area contributed by atoms with Crippen LogP contribution in [0.15, 0.2) is 30.3 Å². The minimum Gasteiger partial charge on any atom is -0.390 e. The molecule has 0 saturated heterocycles. The molecule has 1 aliphatic rings. The van der Waals surface area contributed by atoms with Gasteiger partial charge in [0.15, 0.2) is 0 Å². The van der Waals surface area contributed by atoms with E-state index in [-0.39, 0.29) is 0 Å². The lowest BCUT2D eigenvalue weighted by Gasteiger charge is -2.17. The van der Waals surface area contributed by atoms with E-state index in [1.54, 1.807) is 0 Å². The van der Waals surface area contributed by atoms with Gasteiger partial charge in [-0.2, -0.15) is 0 Å². The molecule has 0 heterocycles. The van der Waals surface area contributed by atoms with E-state index in [2.05, 4.69) is 5.32 Å². The fourth-order valence-electron chi connectivity index (χ4n) is 1.83. The van der Waals surface area contributed by atoms with Gasteiger partial charge in [0.05, 0.1) is 12.2 Å². The van der Waals surface area contributed by atoms with Crippen molar-refractivity contribution in [2.45, 2.75) is 31.6 Å². The van der Waals surface area contributed by atoms with Crippen LogP contribution in [-0.2, 0) is 6.54 Å². The fourth-order valence-corrected chi connectivity index (χ4v) is 1.83. The van der Waals surface area contributed by atoms with Crippen LogP contribution >= 0.6 is 0 Å². The maximum absolute atomic E-state index is 9.69. The van der Waals surface area contributed by atoms with E-state index < -0.39 is 12.2 Å². The van der Waals surface area contributed by atoms with Crippen LogP contribution in [0.25, 0.3) is 0 Å². The molecule has 2 unspecified atom stereocenters. The SMILES string of the molecule is OC(CNCc1ccccc1)C(O)C1CC1. The van der Waals surface area contributed by atoms with Crippen molar-refractivity contribution in [3.05, 3.63) is 35.9 Å². The molecular weight excluding hydrogens is 202 g/mol. The quantitative estimate of drug-likeness (QED) is 0.669. The zero-order valence-corrected chi connectivity index (χ0v) is 9.34. The lowest BCUT2D eigenvalue weighted by atomic mass is 10.1. The molecule has 1 saturated carbocycles. The van der Waals surface area contributed by atoms with E-state index in [1.807, 2.05) is 30.3 Å². The van der Waals surface area contributed by atoms with Gasteiger partial charge >= 0.3 is 0 Å². The fraction of sp³-hybridized carbons (Fsp3) is 0.538. The second-order valence-corrected chi connectivity index (χ2v) is 4.51. The van der Waals surface area contributed by atoms with Crippen LogP contribution in [0.5, 0.6) is 0 Å². The Balaban J connectivity index is 1.67. The summed E-state index contributed by atoms with van der Waals surface area (Å²) in [5.41, 5.74) is 1.19. The number of rotatable bonds is 6. The largest absolute Gasteiger partial charge is 0.390 e. The Morgan fingerprint density at radius 2 is 1.88 bits per heavy atom. The first kappa shape index (κ1) is 11.6. The standard InChI is InChI=1S/C13H19NO2/c15-12(13(16)11-6-7-11)9-14-8-10-4-2-1-3-5-10/h1-5,11-16H,6-9H2. The summed E-state index contributed by atoms with van der Waals surface area (Å²) in [5.74, 6) is 0.327. The van der Waals surface area contributed by atoms with Crippen molar-refractivity contribution >= 4 is 0 Å². The lowest BCUT2D eigenvalue weighted by Crippen LogP contribution is -2.37. The maximum atomic E-state index is 9.69. The molecule has 0 aliphatic heterocycles. The highest BCUT2D eigenvalue weighted by molar-refractivity contribution is 5.14. The molecule has 0 spiro atoms. The van der Waals surface area contributed by atoms with Crippen molar-refractivity contribution in [3.63, 3.8) is 0 Å². The third kappa shape index (κ3) is 3.30. The van der Waals surface area contributed by atoms with Gasteiger partial charge in [0.1, 0.15) is 0 Å². The minimum absolute atomic E-state index is 0.327. The summed E-state index contributed by atoms with van der Waals surface area (Å²) < 4.78 is 0. The second-order valence-electron chi connectivity index (χ2n) is 4.51. The number of benzene rings is 1. The highest BCUT2D eigenvalue weighted by Gasteiger charge is 2.34. The molecule has 1 aromatic rings. The van der Waals surface area contributed by atoms with Crippen molar-refractivity contribution in [1.82, 2.24) is 5.32 Å². The summed E-state index contributed by atoms with van der Waals surface area (Å²) in [5, 5.41) is 22.5. The Labute approximate surface area is 96.1 Å². The van der Waals surface area contributed by atoms with E-state index in [9.17, 15) is 10.2 Å². The second kappa shape index (κ2) is 5.43. The first-order valence-electron chi connectivity index (χ1n) is 5.88. The third-order valence-electron chi connectivity index (χ3n) is 3.02. The molecule has 2 rings (SSSR count). The van der Waals surface area contributed by atoms with Crippen LogP contribution in [0.2, 0.25) is 0 Å². The average Bonchev–Trinajstić information content (AvgIpc) is 3.13. The number of hydrogen-bond acceptors (Lipinski definition) is 3. The van der Waals surface area contributed by atoms with E-state index in [0.29, 0.717) is 12.5 Å². The van der Waals surface area contributed by atoms with Crippen molar-refractivity contribution in [2.75, 3.05) is 6.54 Å². The molecule has 3 heteroatoms. The number of hydrogen-bond donors (Lipinski definition) is 3. The van der Waals surface area contributed by atoms with E-state index in [4.69, 9.17) is 0 Å². The number of aliphatic hydroxyl groups excluding tert-OH is 2. The Hall–Kier alpha value is -0.900. The number of nitrogens with one attached hydrogen (secondary N) is 1. The van der Waals surface area contributed by atoms with Gasteiger partial charge in [0.25, 0.3) is 0 Å². The summed E-state index contributed by atoms with van der Waals surface area (Å²) in [6.07, 6.45) is 0.910. The van der Waals surface area contributed by atoms with Gasteiger partial charge in [-0.15, -0.1) is 0 Å². The Bertz CT molecular complexity index is 311. The molecule has 0 bridgehead atoms. The van der Waals surface area contributed by atoms with Crippen LogP contribution in [0.3, 0.4) is 0 Å². The zero-order valence-electron chi connectivity index (χ0n) is 9.34. The Morgan fingerprint density at radius 3 is 2.50 bits per heavy atom. The Kier molecular flexibility index (Phi) is 3.93. The third-order valence-corrected chi connectivity index (χ3v) is 3.02. The van der Waals surface area contributed by atoms with Gasteiger partial charge in [-0.25, -0.2) is 0 Å². The topological polar surface area (TPSA) is 52.5 Å². The molecule has 16 heavy (non-hydrogen) atoms. The smallest absolute Gasteiger partial charge is 0.0925 e. The van der Waals surface area contributed by atoms with Crippen molar-refractivity contribution in [3.8, 4) is 0 Å². The summed E-state index contributed by atoms with van der Waals surface area (Å²) >= 11 is 0. The molecule has 1 aliphatic carbocycles. The molecule has 0 aromatic heterocycles. The molecule has 0 amide bonds. The summed E-state index contributed by atoms with van der Waals surface area (Å²) in [6, 6.07) is 10.0. The monoisotopic (exact) mass is 221 g/mol. The van der Waals surface area contributed by atoms with Crippen LogP contribution in [0, 0.1) is 5.92 Å². The van der Waals surface area contributed by atoms with E-state index in [0.717, 1.165) is 19.4 Å². The first-order valence-corrected chi connectivity index (χ1v) is 5.88. The van der Waals surface area contributed by atoms with Gasteiger partial charge in [-0.05, 0) is 24.3 Å². The maximum Gasteiger partial charge on any atom is 0.0925 e. The molecule has 2 atom stereocenters. The van der Waals surface area contributed by atoms with Crippen LogP contribution < -0.4 is 5.32 Å². The molecule has 88 valence electrons. The summed E-state index contributed by atoms with van der Waals surface area (Å²) in [7, 11) is 0. The van der Waals surface area contributed by atoms with E-state index >= 15 is 0 Å². The number of aliphatic hydroxyl groups is 2. The predicted molar refractivity (Wildman–Crippen MR) is 62.9 cm³/mol.